The van der Waals surface area contributed by atoms with E-state index in [0.29, 0.717) is 22.2 Å². The zero-order chi connectivity index (χ0) is 30.4. The number of carbonyl (C=O) groups is 3. The maximum atomic E-state index is 14.1. The number of carbonyl (C=O) groups excluding carboxylic acids is 3. The minimum atomic E-state index is -1.66. The van der Waals surface area contributed by atoms with Crippen molar-refractivity contribution in [2.75, 3.05) is 30.1 Å². The van der Waals surface area contributed by atoms with E-state index in [4.69, 9.17) is 14.7 Å². The first-order valence-electron chi connectivity index (χ1n) is 13.0. The summed E-state index contributed by atoms with van der Waals surface area (Å²) < 4.78 is 13.3. The molecule has 2 aliphatic rings. The zero-order valence-electron chi connectivity index (χ0n) is 23.2. The highest BCUT2D eigenvalue weighted by atomic mass is 32.2. The summed E-state index contributed by atoms with van der Waals surface area (Å²) >= 11 is 3.83. The fourth-order valence-electron chi connectivity index (χ4n) is 4.72. The normalized spacial score (nSPS) is 19.4. The van der Waals surface area contributed by atoms with E-state index in [1.807, 2.05) is 66.7 Å². The molecule has 0 bridgehead atoms. The largest absolute Gasteiger partial charge is 0.448 e. The van der Waals surface area contributed by atoms with Crippen LogP contribution in [-0.4, -0.2) is 84.1 Å². The highest BCUT2D eigenvalue weighted by molar-refractivity contribution is 8.01. The molecule has 1 fully saturated rings. The number of rotatable bonds is 12. The van der Waals surface area contributed by atoms with Crippen molar-refractivity contribution in [2.24, 2.45) is 7.05 Å². The highest BCUT2D eigenvalue weighted by Crippen LogP contribution is 2.48. The van der Waals surface area contributed by atoms with Gasteiger partial charge in [-0.25, -0.2) is 9.48 Å². The van der Waals surface area contributed by atoms with Crippen molar-refractivity contribution in [3.05, 3.63) is 83.1 Å². The number of thioether (sulfide) groups is 3. The molecular weight excluding hydrogens is 611 g/mol. The average Bonchev–Trinajstić information content (AvgIpc) is 3.45. The Labute approximate surface area is 260 Å². The Kier molecular flexibility index (Phi) is 9.71. The lowest BCUT2D eigenvalue weighted by molar-refractivity contribution is -0.192. The van der Waals surface area contributed by atoms with Crippen LogP contribution >= 0.6 is 35.3 Å². The van der Waals surface area contributed by atoms with E-state index in [9.17, 15) is 14.4 Å². The van der Waals surface area contributed by atoms with Crippen molar-refractivity contribution in [1.29, 1.82) is 5.26 Å². The van der Waals surface area contributed by atoms with Gasteiger partial charge in [0, 0.05) is 25.7 Å². The molecule has 5 rings (SSSR count). The van der Waals surface area contributed by atoms with Crippen LogP contribution in [0.25, 0.3) is 0 Å². The lowest BCUT2D eigenvalue weighted by Crippen LogP contribution is -2.80. The van der Waals surface area contributed by atoms with Crippen LogP contribution in [0.3, 0.4) is 0 Å². The fraction of sp³-hybridized carbons (Fsp3) is 0.321. The number of aromatic nitrogens is 4. The number of ether oxygens (including phenoxy) is 2. The van der Waals surface area contributed by atoms with Crippen LogP contribution in [0.5, 0.6) is 0 Å². The lowest BCUT2D eigenvalue weighted by Gasteiger charge is -2.56. The van der Waals surface area contributed by atoms with E-state index in [1.54, 1.807) is 7.05 Å². The second-order valence-electron chi connectivity index (χ2n) is 9.41. The minimum absolute atomic E-state index is 0.0163. The Balaban J connectivity index is 1.47. The molecule has 1 N–H and O–H groups in total. The number of nitrogens with zero attached hydrogens (tertiary/aromatic N) is 6. The summed E-state index contributed by atoms with van der Waals surface area (Å²) in [5, 5.41) is 22.9. The molecule has 1 aromatic heterocycles. The quantitative estimate of drug-likeness (QED) is 0.102. The smallest absolute Gasteiger partial charge is 0.356 e. The second-order valence-corrected chi connectivity index (χ2v) is 12.4. The zero-order valence-corrected chi connectivity index (χ0v) is 25.7. The first kappa shape index (κ1) is 30.6. The van der Waals surface area contributed by atoms with Gasteiger partial charge in [0.25, 0.3) is 11.6 Å². The third kappa shape index (κ3) is 6.28. The molecule has 0 radical (unpaired) electrons. The number of esters is 1. The number of fused-ring (bicyclic) bond motifs is 1. The molecule has 3 heterocycles. The first-order valence-corrected chi connectivity index (χ1v) is 16.2. The molecule has 15 heteroatoms. The van der Waals surface area contributed by atoms with Crippen molar-refractivity contribution in [1.82, 2.24) is 30.4 Å². The van der Waals surface area contributed by atoms with Crippen LogP contribution < -0.4 is 5.32 Å². The highest BCUT2D eigenvalue weighted by Gasteiger charge is 2.66. The Morgan fingerprint density at radius 3 is 2.44 bits per heavy atom. The average molecular weight is 638 g/mol. The molecule has 0 spiro atoms. The van der Waals surface area contributed by atoms with Crippen molar-refractivity contribution >= 4 is 53.1 Å². The number of amides is 2. The van der Waals surface area contributed by atoms with Crippen LogP contribution in [0.15, 0.2) is 77.1 Å². The van der Waals surface area contributed by atoms with Gasteiger partial charge in [0.1, 0.15) is 11.1 Å². The molecule has 0 aliphatic carbocycles. The number of benzene rings is 2. The van der Waals surface area contributed by atoms with Crippen molar-refractivity contribution in [2.45, 2.75) is 22.4 Å². The van der Waals surface area contributed by atoms with E-state index >= 15 is 0 Å². The Bertz CT molecular complexity index is 1520. The molecular formula is C28H27N7O5S3. The van der Waals surface area contributed by atoms with Gasteiger partial charge >= 0.3 is 5.97 Å². The second kappa shape index (κ2) is 13.6. The van der Waals surface area contributed by atoms with E-state index in [2.05, 4.69) is 20.8 Å². The number of β-lactam (4-membered cyclic amide) rings is 1. The third-order valence-electron chi connectivity index (χ3n) is 6.74. The lowest BCUT2D eigenvalue weighted by atomic mass is 9.98. The van der Waals surface area contributed by atoms with Crippen molar-refractivity contribution < 1.29 is 23.9 Å². The van der Waals surface area contributed by atoms with Crippen molar-refractivity contribution in [3.63, 3.8) is 0 Å². The molecule has 2 aromatic carbocycles. The molecule has 2 atom stereocenters. The number of hydrogen-bond donors (Lipinski definition) is 1. The standard InChI is InChI=1S/C28H27N7O5S3/c1-34-27(31-32-33-34)43-16-20-15-42-26-28(39-2,30-21(36)17-41-14-13-29)25(38)35(26)22(20)24(37)40-23(18-9-5-3-6-10-18)19-11-7-4-8-12-19/h3-12,23,26H,14-17H2,1-2H3,(H,30,36)/t26?,28-/m0/s1. The molecule has 12 nitrogen and oxygen atoms in total. The minimum Gasteiger partial charge on any atom is -0.448 e. The summed E-state index contributed by atoms with van der Waals surface area (Å²) in [7, 11) is 3.05. The van der Waals surface area contributed by atoms with Gasteiger partial charge in [0.2, 0.25) is 11.1 Å². The molecule has 2 amide bonds. The molecule has 3 aromatic rings. The molecule has 0 saturated carbocycles. The topological polar surface area (TPSA) is 152 Å². The van der Waals surface area contributed by atoms with Gasteiger partial charge in [0.15, 0.2) is 6.10 Å². The number of methoxy groups -OCH3 is 1. The van der Waals surface area contributed by atoms with E-state index in [1.165, 1.54) is 40.2 Å². The van der Waals surface area contributed by atoms with Crippen LogP contribution in [-0.2, 0) is 30.9 Å². The summed E-state index contributed by atoms with van der Waals surface area (Å²) in [6.07, 6.45) is -0.729. The van der Waals surface area contributed by atoms with Gasteiger partial charge in [-0.1, -0.05) is 72.4 Å². The van der Waals surface area contributed by atoms with Crippen LogP contribution in [0.4, 0.5) is 0 Å². The first-order chi connectivity index (χ1) is 20.9. The van der Waals surface area contributed by atoms with E-state index < -0.39 is 35.0 Å². The number of aryl methyl sites for hydroxylation is 1. The maximum Gasteiger partial charge on any atom is 0.356 e. The van der Waals surface area contributed by atoms with Crippen LogP contribution in [0, 0.1) is 11.3 Å². The summed E-state index contributed by atoms with van der Waals surface area (Å²) in [6, 6.07) is 20.7. The van der Waals surface area contributed by atoms with Crippen LogP contribution in [0.2, 0.25) is 0 Å². The van der Waals surface area contributed by atoms with Crippen LogP contribution in [0.1, 0.15) is 17.2 Å². The van der Waals surface area contributed by atoms with Gasteiger partial charge in [-0.15, -0.1) is 28.6 Å². The van der Waals surface area contributed by atoms with Crippen molar-refractivity contribution in [3.8, 4) is 6.07 Å². The monoisotopic (exact) mass is 637 g/mol. The molecule has 1 unspecified atom stereocenters. The summed E-state index contributed by atoms with van der Waals surface area (Å²) in [5.74, 6) is -0.912. The van der Waals surface area contributed by atoms with E-state index in [-0.39, 0.29) is 17.2 Å². The number of hydrogen-bond acceptors (Lipinski definition) is 12. The molecule has 222 valence electrons. The number of nitriles is 1. The predicted octanol–water partition coefficient (Wildman–Crippen LogP) is 2.52. The number of tetrazole rings is 1. The SMILES string of the molecule is CO[C@@]1(NC(=O)CSCC#N)C(=O)N2C(C(=O)OC(c3ccccc3)c3ccccc3)=C(CSc3nnnn3C)CSC21. The molecule has 1 saturated heterocycles. The van der Waals surface area contributed by atoms with E-state index in [0.717, 1.165) is 22.9 Å². The third-order valence-corrected chi connectivity index (χ3v) is 10.0. The Hall–Kier alpha value is -3.84. The maximum absolute atomic E-state index is 14.1. The Morgan fingerprint density at radius 1 is 1.19 bits per heavy atom. The summed E-state index contributed by atoms with van der Waals surface area (Å²) in [5.41, 5.74) is 0.648. The summed E-state index contributed by atoms with van der Waals surface area (Å²) in [6.45, 7) is 0. The molecule has 2 aliphatic heterocycles. The number of nitrogens with one attached hydrogen (secondary N) is 1. The summed E-state index contributed by atoms with van der Waals surface area (Å²) in [4.78, 5) is 42.0. The van der Waals surface area contributed by atoms with Gasteiger partial charge in [-0.05, 0) is 27.1 Å². The van der Waals surface area contributed by atoms with Gasteiger partial charge < -0.3 is 14.8 Å². The fourth-order valence-corrected chi connectivity index (χ4v) is 7.60. The van der Waals surface area contributed by atoms with Gasteiger partial charge in [-0.3, -0.25) is 14.5 Å². The van der Waals surface area contributed by atoms with Gasteiger partial charge in [0.05, 0.1) is 17.6 Å². The van der Waals surface area contributed by atoms with Gasteiger partial charge in [-0.2, -0.15) is 5.26 Å². The molecule has 43 heavy (non-hydrogen) atoms. The Morgan fingerprint density at radius 2 is 1.86 bits per heavy atom. The predicted molar refractivity (Wildman–Crippen MR) is 161 cm³/mol.